The van der Waals surface area contributed by atoms with Crippen LogP contribution in [0, 0.1) is 0 Å². The van der Waals surface area contributed by atoms with Crippen LogP contribution in [0.2, 0.25) is 0 Å². The Morgan fingerprint density at radius 2 is 2.08 bits per heavy atom. The average molecular weight is 176 g/mol. The Morgan fingerprint density at radius 3 is 2.33 bits per heavy atom. The fourth-order valence-corrected chi connectivity index (χ4v) is 0.862. The molecule has 5 nitrogen and oxygen atoms in total. The van der Waals surface area contributed by atoms with Crippen molar-refractivity contribution in [3.8, 4) is 0 Å². The van der Waals surface area contributed by atoms with Crippen molar-refractivity contribution in [2.45, 2.75) is 26.3 Å². The number of rotatable bonds is 3. The van der Waals surface area contributed by atoms with E-state index in [-0.39, 0.29) is 13.2 Å². The summed E-state index contributed by atoms with van der Waals surface area (Å²) in [5, 5.41) is 8.77. The van der Waals surface area contributed by atoms with Crippen LogP contribution in [0.15, 0.2) is 0 Å². The van der Waals surface area contributed by atoms with Crippen molar-refractivity contribution in [1.82, 2.24) is 4.90 Å². The molecule has 1 amide bonds. The summed E-state index contributed by atoms with van der Waals surface area (Å²) in [4.78, 5) is 16.3. The molecule has 0 atom stereocenters. The number of amides is 1. The van der Waals surface area contributed by atoms with Gasteiger partial charge in [0, 0.05) is 12.1 Å². The molecule has 0 aliphatic rings. The highest BCUT2D eigenvalue weighted by Crippen LogP contribution is 2.12. The minimum Gasteiger partial charge on any atom is -0.465 e. The van der Waals surface area contributed by atoms with Gasteiger partial charge in [0.15, 0.2) is 0 Å². The van der Waals surface area contributed by atoms with E-state index in [9.17, 15) is 4.79 Å². The van der Waals surface area contributed by atoms with Crippen molar-refractivity contribution < 1.29 is 14.7 Å². The molecule has 0 fully saturated rings. The molecule has 72 valence electrons. The van der Waals surface area contributed by atoms with Gasteiger partial charge in [-0.25, -0.2) is 10.7 Å². The maximum atomic E-state index is 10.7. The van der Waals surface area contributed by atoms with Crippen molar-refractivity contribution >= 4 is 6.09 Å². The molecule has 0 aromatic rings. The zero-order chi connectivity index (χ0) is 9.78. The van der Waals surface area contributed by atoms with E-state index in [2.05, 4.69) is 4.84 Å². The second-order valence-corrected chi connectivity index (χ2v) is 3.48. The fraction of sp³-hybridized carbons (Fsp3) is 0.857. The smallest absolute Gasteiger partial charge is 0.407 e. The van der Waals surface area contributed by atoms with Crippen LogP contribution in [-0.4, -0.2) is 34.8 Å². The number of nitrogens with two attached hydrogens (primary N) is 1. The van der Waals surface area contributed by atoms with Gasteiger partial charge >= 0.3 is 6.09 Å². The summed E-state index contributed by atoms with van der Waals surface area (Å²) >= 11 is 0. The molecule has 0 saturated heterocycles. The summed E-state index contributed by atoms with van der Waals surface area (Å²) in [6.45, 7) is 5.95. The van der Waals surface area contributed by atoms with E-state index in [1.807, 2.05) is 20.8 Å². The molecule has 0 aromatic carbocycles. The number of hydrogen-bond acceptors (Lipinski definition) is 3. The Balaban J connectivity index is 4.15. The van der Waals surface area contributed by atoms with Crippen LogP contribution in [-0.2, 0) is 4.84 Å². The zero-order valence-electron chi connectivity index (χ0n) is 7.70. The Morgan fingerprint density at radius 1 is 1.58 bits per heavy atom. The van der Waals surface area contributed by atoms with E-state index < -0.39 is 11.6 Å². The van der Waals surface area contributed by atoms with Crippen molar-refractivity contribution in [2.75, 3.05) is 13.2 Å². The predicted molar refractivity (Wildman–Crippen MR) is 44.6 cm³/mol. The summed E-state index contributed by atoms with van der Waals surface area (Å²) < 4.78 is 0. The van der Waals surface area contributed by atoms with E-state index in [1.165, 1.54) is 4.90 Å². The molecule has 0 unspecified atom stereocenters. The Labute approximate surface area is 72.1 Å². The van der Waals surface area contributed by atoms with E-state index in [0.717, 1.165) is 0 Å². The van der Waals surface area contributed by atoms with Gasteiger partial charge < -0.3 is 14.8 Å². The third-order valence-corrected chi connectivity index (χ3v) is 1.47. The van der Waals surface area contributed by atoms with Crippen molar-refractivity contribution in [3.05, 3.63) is 0 Å². The molecular formula is C7H16N2O3. The highest BCUT2D eigenvalue weighted by atomic mass is 16.6. The number of nitrogens with zero attached hydrogens (tertiary/aromatic N) is 1. The highest BCUT2D eigenvalue weighted by molar-refractivity contribution is 5.65. The number of carbonyl (C=O) groups is 1. The van der Waals surface area contributed by atoms with Crippen LogP contribution in [0.25, 0.3) is 0 Å². The molecule has 0 saturated carbocycles. The van der Waals surface area contributed by atoms with Crippen molar-refractivity contribution in [3.63, 3.8) is 0 Å². The molecule has 5 heteroatoms. The summed E-state index contributed by atoms with van der Waals surface area (Å²) in [5.41, 5.74) is -0.412. The van der Waals surface area contributed by atoms with Gasteiger partial charge in [0.25, 0.3) is 0 Å². The monoisotopic (exact) mass is 176 g/mol. The molecule has 0 spiro atoms. The van der Waals surface area contributed by atoms with Crippen LogP contribution in [0.4, 0.5) is 4.79 Å². The first kappa shape index (κ1) is 11.2. The van der Waals surface area contributed by atoms with Crippen molar-refractivity contribution in [2.24, 2.45) is 5.90 Å². The van der Waals surface area contributed by atoms with Gasteiger partial charge in [0.2, 0.25) is 0 Å². The molecule has 0 aliphatic carbocycles. The van der Waals surface area contributed by atoms with Gasteiger partial charge in [0.05, 0.1) is 6.61 Å². The van der Waals surface area contributed by atoms with Crippen LogP contribution in [0.5, 0.6) is 0 Å². The molecule has 0 heterocycles. The third kappa shape index (κ3) is 3.54. The molecular weight excluding hydrogens is 160 g/mol. The maximum absolute atomic E-state index is 10.7. The first-order valence-electron chi connectivity index (χ1n) is 3.72. The lowest BCUT2D eigenvalue weighted by Gasteiger charge is -2.32. The quantitative estimate of drug-likeness (QED) is 0.619. The van der Waals surface area contributed by atoms with Crippen molar-refractivity contribution in [1.29, 1.82) is 0 Å². The Bertz CT molecular complexity index is 153. The Kier molecular flexibility index (Phi) is 3.99. The lowest BCUT2D eigenvalue weighted by atomic mass is 10.1. The summed E-state index contributed by atoms with van der Waals surface area (Å²) in [5.74, 6) is 4.80. The van der Waals surface area contributed by atoms with Gasteiger partial charge in [-0.3, -0.25) is 0 Å². The molecule has 0 aromatic heterocycles. The van der Waals surface area contributed by atoms with E-state index in [0.29, 0.717) is 0 Å². The number of hydrogen-bond donors (Lipinski definition) is 2. The lowest BCUT2D eigenvalue weighted by molar-refractivity contribution is 0.0613. The first-order valence-corrected chi connectivity index (χ1v) is 3.72. The predicted octanol–water partition coefficient (Wildman–Crippen LogP) is 0.655. The van der Waals surface area contributed by atoms with Gasteiger partial charge in [-0.15, -0.1) is 0 Å². The van der Waals surface area contributed by atoms with E-state index >= 15 is 0 Å². The van der Waals surface area contributed by atoms with Crippen LogP contribution >= 0.6 is 0 Å². The number of carboxylic acid groups (broad SMARTS) is 1. The van der Waals surface area contributed by atoms with Crippen LogP contribution < -0.4 is 5.90 Å². The topological polar surface area (TPSA) is 75.8 Å². The van der Waals surface area contributed by atoms with Crippen LogP contribution in [0.1, 0.15) is 20.8 Å². The second kappa shape index (κ2) is 4.27. The first-order chi connectivity index (χ1) is 5.39. The molecule has 3 N–H and O–H groups in total. The van der Waals surface area contributed by atoms with E-state index in [4.69, 9.17) is 11.0 Å². The van der Waals surface area contributed by atoms with Gasteiger partial charge in [-0.05, 0) is 20.8 Å². The lowest BCUT2D eigenvalue weighted by Crippen LogP contribution is -2.46. The maximum Gasteiger partial charge on any atom is 0.407 e. The second-order valence-electron chi connectivity index (χ2n) is 3.48. The zero-order valence-corrected chi connectivity index (χ0v) is 7.70. The summed E-state index contributed by atoms with van der Waals surface area (Å²) in [7, 11) is 0. The summed E-state index contributed by atoms with van der Waals surface area (Å²) in [6.07, 6.45) is -0.959. The molecule has 0 radical (unpaired) electrons. The molecule has 0 bridgehead atoms. The fourth-order valence-electron chi connectivity index (χ4n) is 0.862. The largest absolute Gasteiger partial charge is 0.465 e. The SMILES string of the molecule is CC(C)(C)N(CCON)C(=O)O. The van der Waals surface area contributed by atoms with Crippen LogP contribution in [0.3, 0.4) is 0 Å². The molecule has 12 heavy (non-hydrogen) atoms. The summed E-state index contributed by atoms with van der Waals surface area (Å²) in [6, 6.07) is 0. The minimum absolute atomic E-state index is 0.212. The van der Waals surface area contributed by atoms with Gasteiger partial charge in [-0.2, -0.15) is 0 Å². The minimum atomic E-state index is -0.959. The molecule has 0 rings (SSSR count). The standard InChI is InChI=1S/C7H16N2O3/c1-7(2,3)9(6(10)11)4-5-12-8/h4-5,8H2,1-3H3,(H,10,11). The molecule has 0 aliphatic heterocycles. The van der Waals surface area contributed by atoms with Gasteiger partial charge in [-0.1, -0.05) is 0 Å². The van der Waals surface area contributed by atoms with E-state index in [1.54, 1.807) is 0 Å². The highest BCUT2D eigenvalue weighted by Gasteiger charge is 2.25. The third-order valence-electron chi connectivity index (χ3n) is 1.47. The van der Waals surface area contributed by atoms with Gasteiger partial charge in [0.1, 0.15) is 0 Å². The Hall–Kier alpha value is -0.810. The normalized spacial score (nSPS) is 11.3. The average Bonchev–Trinajstić information content (AvgIpc) is 1.84.